The second-order valence-electron chi connectivity index (χ2n) is 5.18. The zero-order valence-corrected chi connectivity index (χ0v) is 11.2. The average molecular weight is 307 g/mol. The summed E-state index contributed by atoms with van der Waals surface area (Å²) in [5, 5.41) is 0. The molecule has 0 spiro atoms. The van der Waals surface area contributed by atoms with Gasteiger partial charge in [-0.25, -0.2) is 0 Å². The molecule has 2 fully saturated rings. The van der Waals surface area contributed by atoms with Crippen LogP contribution in [-0.2, 0) is 10.1 Å². The van der Waals surface area contributed by atoms with Crippen molar-refractivity contribution in [3.8, 4) is 5.75 Å². The van der Waals surface area contributed by atoms with Gasteiger partial charge in [0.25, 0.3) is 0 Å². The zero-order chi connectivity index (χ0) is 14.5. The molecule has 0 N–H and O–H groups in total. The molecule has 1 aromatic rings. The van der Waals surface area contributed by atoms with Crippen LogP contribution >= 0.6 is 0 Å². The minimum absolute atomic E-state index is 0.213. The lowest BCUT2D eigenvalue weighted by atomic mass is 10.2. The molecule has 0 amide bonds. The molecule has 110 valence electrons. The van der Waals surface area contributed by atoms with Crippen LogP contribution in [0.2, 0.25) is 0 Å². The molecule has 0 saturated heterocycles. The minimum atomic E-state index is -5.62. The molecule has 0 unspecified atom stereocenters. The molecule has 1 heterocycles. The molecular formula is C12H12F3NO3S. The summed E-state index contributed by atoms with van der Waals surface area (Å²) in [6.07, 6.45) is 3.69. The molecule has 8 heteroatoms. The number of hydrogen-bond donors (Lipinski definition) is 0. The highest BCUT2D eigenvalue weighted by atomic mass is 32.2. The lowest BCUT2D eigenvalue weighted by Crippen LogP contribution is -2.28. The van der Waals surface area contributed by atoms with Crippen LogP contribution in [-0.4, -0.2) is 18.9 Å². The first-order chi connectivity index (χ1) is 9.26. The molecule has 0 bridgehead atoms. The SMILES string of the molecule is O=S(=O)(Oc1cc(C2CC2)nc(C2CC2)c1)C(F)(F)F. The Morgan fingerprint density at radius 3 is 1.85 bits per heavy atom. The van der Waals surface area contributed by atoms with Crippen LogP contribution in [0.15, 0.2) is 12.1 Å². The molecule has 2 aliphatic carbocycles. The summed E-state index contributed by atoms with van der Waals surface area (Å²) < 4.78 is 63.3. The molecular weight excluding hydrogens is 295 g/mol. The van der Waals surface area contributed by atoms with Gasteiger partial charge in [-0.05, 0) is 25.7 Å². The maximum Gasteiger partial charge on any atom is 0.534 e. The Labute approximate surface area is 114 Å². The van der Waals surface area contributed by atoms with Gasteiger partial charge in [-0.15, -0.1) is 0 Å². The first kappa shape index (κ1) is 13.7. The lowest BCUT2D eigenvalue weighted by Gasteiger charge is -2.11. The summed E-state index contributed by atoms with van der Waals surface area (Å²) in [6.45, 7) is 0. The van der Waals surface area contributed by atoms with Crippen molar-refractivity contribution in [2.45, 2.75) is 43.0 Å². The topological polar surface area (TPSA) is 56.3 Å². The van der Waals surface area contributed by atoms with Gasteiger partial charge in [0.2, 0.25) is 0 Å². The third-order valence-electron chi connectivity index (χ3n) is 3.32. The van der Waals surface area contributed by atoms with Crippen molar-refractivity contribution in [2.75, 3.05) is 0 Å². The number of nitrogens with zero attached hydrogens (tertiary/aromatic N) is 1. The van der Waals surface area contributed by atoms with Crippen molar-refractivity contribution in [3.05, 3.63) is 23.5 Å². The van der Waals surface area contributed by atoms with E-state index in [0.717, 1.165) is 25.7 Å². The van der Waals surface area contributed by atoms with Crippen LogP contribution < -0.4 is 4.18 Å². The Morgan fingerprint density at radius 1 is 1.05 bits per heavy atom. The summed E-state index contributed by atoms with van der Waals surface area (Å²) in [5.41, 5.74) is -4.17. The molecule has 20 heavy (non-hydrogen) atoms. The Balaban J connectivity index is 1.92. The molecule has 1 aromatic heterocycles. The highest BCUT2D eigenvalue weighted by Crippen LogP contribution is 2.44. The van der Waals surface area contributed by atoms with Crippen molar-refractivity contribution in [3.63, 3.8) is 0 Å². The molecule has 3 rings (SSSR count). The van der Waals surface area contributed by atoms with Crippen LogP contribution in [0.4, 0.5) is 13.2 Å². The number of halogens is 3. The van der Waals surface area contributed by atoms with E-state index >= 15 is 0 Å². The van der Waals surface area contributed by atoms with Crippen molar-refractivity contribution in [2.24, 2.45) is 0 Å². The van der Waals surface area contributed by atoms with E-state index in [1.807, 2.05) is 0 Å². The van der Waals surface area contributed by atoms with Crippen molar-refractivity contribution < 1.29 is 25.8 Å². The van der Waals surface area contributed by atoms with E-state index in [4.69, 9.17) is 0 Å². The van der Waals surface area contributed by atoms with Gasteiger partial charge in [-0.1, -0.05) is 0 Å². The van der Waals surface area contributed by atoms with Crippen molar-refractivity contribution in [1.82, 2.24) is 4.98 Å². The van der Waals surface area contributed by atoms with E-state index < -0.39 is 15.6 Å². The van der Waals surface area contributed by atoms with E-state index in [0.29, 0.717) is 11.4 Å². The van der Waals surface area contributed by atoms with E-state index in [1.54, 1.807) is 0 Å². The highest BCUT2D eigenvalue weighted by molar-refractivity contribution is 7.88. The Kier molecular flexibility index (Phi) is 2.97. The van der Waals surface area contributed by atoms with Crippen molar-refractivity contribution >= 4 is 10.1 Å². The number of alkyl halides is 3. The van der Waals surface area contributed by atoms with Gasteiger partial charge in [0, 0.05) is 35.4 Å². The summed E-state index contributed by atoms with van der Waals surface area (Å²) in [4.78, 5) is 4.39. The smallest absolute Gasteiger partial charge is 0.376 e. The highest BCUT2D eigenvalue weighted by Gasteiger charge is 2.48. The largest absolute Gasteiger partial charge is 0.534 e. The molecule has 2 aliphatic rings. The predicted octanol–water partition coefficient (Wildman–Crippen LogP) is 3.06. The average Bonchev–Trinajstić information content (AvgIpc) is 3.18. The monoisotopic (exact) mass is 307 g/mol. The lowest BCUT2D eigenvalue weighted by molar-refractivity contribution is -0.0500. The second kappa shape index (κ2) is 4.34. The summed E-state index contributed by atoms with van der Waals surface area (Å²) in [6, 6.07) is 2.60. The molecule has 0 atom stereocenters. The predicted molar refractivity (Wildman–Crippen MR) is 63.8 cm³/mol. The van der Waals surface area contributed by atoms with E-state index in [9.17, 15) is 21.6 Å². The van der Waals surface area contributed by atoms with E-state index in [-0.39, 0.29) is 17.6 Å². The minimum Gasteiger partial charge on any atom is -0.376 e. The van der Waals surface area contributed by atoms with Crippen LogP contribution in [0.5, 0.6) is 5.75 Å². The van der Waals surface area contributed by atoms with Gasteiger partial charge < -0.3 is 4.18 Å². The molecule has 2 saturated carbocycles. The number of pyridine rings is 1. The van der Waals surface area contributed by atoms with E-state index in [1.165, 1.54) is 12.1 Å². The third kappa shape index (κ3) is 2.74. The Hall–Kier alpha value is -1.31. The Bertz CT molecular complexity index is 604. The number of hydrogen-bond acceptors (Lipinski definition) is 4. The first-order valence-electron chi connectivity index (χ1n) is 6.29. The Morgan fingerprint density at radius 2 is 1.50 bits per heavy atom. The quantitative estimate of drug-likeness (QED) is 0.633. The molecule has 0 aliphatic heterocycles. The van der Waals surface area contributed by atoms with E-state index in [2.05, 4.69) is 9.17 Å². The fraction of sp³-hybridized carbons (Fsp3) is 0.583. The summed E-state index contributed by atoms with van der Waals surface area (Å²) in [7, 11) is -5.62. The van der Waals surface area contributed by atoms with Crippen LogP contribution in [0.1, 0.15) is 48.9 Å². The normalized spacial score (nSPS) is 19.9. The van der Waals surface area contributed by atoms with Crippen LogP contribution in [0, 0.1) is 0 Å². The second-order valence-corrected chi connectivity index (χ2v) is 6.72. The first-order valence-corrected chi connectivity index (χ1v) is 7.70. The van der Waals surface area contributed by atoms with Gasteiger partial charge in [0.15, 0.2) is 0 Å². The van der Waals surface area contributed by atoms with Gasteiger partial charge >= 0.3 is 15.6 Å². The van der Waals surface area contributed by atoms with Gasteiger partial charge in [0.1, 0.15) is 5.75 Å². The third-order valence-corrected chi connectivity index (χ3v) is 4.30. The van der Waals surface area contributed by atoms with Crippen LogP contribution in [0.3, 0.4) is 0 Å². The molecule has 4 nitrogen and oxygen atoms in total. The van der Waals surface area contributed by atoms with Gasteiger partial charge in [-0.2, -0.15) is 21.6 Å². The zero-order valence-electron chi connectivity index (χ0n) is 10.4. The fourth-order valence-corrected chi connectivity index (χ4v) is 2.39. The number of aromatic nitrogens is 1. The fourth-order valence-electron chi connectivity index (χ4n) is 1.95. The standard InChI is InChI=1S/C12H12F3NO3S/c13-12(14,15)20(17,18)19-9-5-10(7-1-2-7)16-11(6-9)8-3-4-8/h5-8H,1-4H2. The van der Waals surface area contributed by atoms with Crippen LogP contribution in [0.25, 0.3) is 0 Å². The van der Waals surface area contributed by atoms with Gasteiger partial charge in [-0.3, -0.25) is 4.98 Å². The van der Waals surface area contributed by atoms with Gasteiger partial charge in [0.05, 0.1) is 0 Å². The number of rotatable bonds is 4. The van der Waals surface area contributed by atoms with Crippen molar-refractivity contribution in [1.29, 1.82) is 0 Å². The maximum atomic E-state index is 12.3. The molecule has 0 radical (unpaired) electrons. The maximum absolute atomic E-state index is 12.3. The molecule has 0 aromatic carbocycles. The summed E-state index contributed by atoms with van der Waals surface area (Å²) >= 11 is 0. The summed E-state index contributed by atoms with van der Waals surface area (Å²) in [5.74, 6) is 0.135.